The van der Waals surface area contributed by atoms with E-state index in [0.29, 0.717) is 17.7 Å². The smallest absolute Gasteiger partial charge is 0.148 e. The first-order valence-corrected chi connectivity index (χ1v) is 11.4. The van der Waals surface area contributed by atoms with Gasteiger partial charge in [-0.05, 0) is 68.6 Å². The SMILES string of the molecule is C=C(Nc1cc(C(=N)/C=C/C2=CCC(F)C=C2)c(N)cc1F)C1(CN2CCCCC2)CC1. The van der Waals surface area contributed by atoms with Gasteiger partial charge in [-0.25, -0.2) is 8.78 Å². The lowest BCUT2D eigenvalue weighted by Gasteiger charge is -2.32. The molecule has 0 bridgehead atoms. The van der Waals surface area contributed by atoms with Gasteiger partial charge in [0.2, 0.25) is 0 Å². The van der Waals surface area contributed by atoms with Crippen LogP contribution < -0.4 is 11.1 Å². The van der Waals surface area contributed by atoms with Crippen LogP contribution in [0.15, 0.2) is 60.4 Å². The van der Waals surface area contributed by atoms with E-state index in [-0.39, 0.29) is 16.8 Å². The van der Waals surface area contributed by atoms with Gasteiger partial charge in [-0.15, -0.1) is 0 Å². The van der Waals surface area contributed by atoms with Crippen LogP contribution in [-0.2, 0) is 0 Å². The number of alkyl halides is 1. The summed E-state index contributed by atoms with van der Waals surface area (Å²) in [6.45, 7) is 7.45. The van der Waals surface area contributed by atoms with E-state index < -0.39 is 12.0 Å². The van der Waals surface area contributed by atoms with Crippen molar-refractivity contribution in [1.29, 1.82) is 5.41 Å². The predicted molar refractivity (Wildman–Crippen MR) is 128 cm³/mol. The number of halogens is 2. The van der Waals surface area contributed by atoms with Gasteiger partial charge in [-0.1, -0.05) is 31.2 Å². The molecule has 32 heavy (non-hydrogen) atoms. The first-order chi connectivity index (χ1) is 15.4. The number of nitrogen functional groups attached to an aromatic ring is 1. The van der Waals surface area contributed by atoms with Crippen molar-refractivity contribution in [3.8, 4) is 0 Å². The van der Waals surface area contributed by atoms with Crippen LogP contribution in [0.2, 0.25) is 0 Å². The third kappa shape index (κ3) is 5.18. The minimum absolute atomic E-state index is 0.00713. The van der Waals surface area contributed by atoms with E-state index in [1.54, 1.807) is 30.4 Å². The molecule has 1 aliphatic heterocycles. The van der Waals surface area contributed by atoms with Crippen molar-refractivity contribution in [3.63, 3.8) is 0 Å². The number of benzene rings is 1. The molecule has 1 saturated carbocycles. The zero-order valence-corrected chi connectivity index (χ0v) is 18.5. The van der Waals surface area contributed by atoms with E-state index in [1.165, 1.54) is 31.4 Å². The van der Waals surface area contributed by atoms with E-state index >= 15 is 0 Å². The van der Waals surface area contributed by atoms with E-state index in [1.807, 2.05) is 0 Å². The summed E-state index contributed by atoms with van der Waals surface area (Å²) in [5.41, 5.74) is 8.80. The average molecular weight is 439 g/mol. The maximum atomic E-state index is 14.7. The maximum absolute atomic E-state index is 14.7. The van der Waals surface area contributed by atoms with Crippen LogP contribution in [0.25, 0.3) is 0 Å². The van der Waals surface area contributed by atoms with Gasteiger partial charge in [0.15, 0.2) is 0 Å². The summed E-state index contributed by atoms with van der Waals surface area (Å²) in [4.78, 5) is 2.49. The van der Waals surface area contributed by atoms with E-state index in [9.17, 15) is 8.78 Å². The molecule has 1 aromatic rings. The van der Waals surface area contributed by atoms with Crippen LogP contribution in [0.5, 0.6) is 0 Å². The Labute approximate surface area is 189 Å². The van der Waals surface area contributed by atoms with Crippen molar-refractivity contribution in [2.45, 2.75) is 44.7 Å². The molecule has 1 atom stereocenters. The third-order valence-electron chi connectivity index (χ3n) is 6.70. The summed E-state index contributed by atoms with van der Waals surface area (Å²) in [5.74, 6) is -0.454. The zero-order chi connectivity index (χ0) is 22.7. The Morgan fingerprint density at radius 2 is 2.03 bits per heavy atom. The van der Waals surface area contributed by atoms with Gasteiger partial charge in [0.25, 0.3) is 0 Å². The molecular formula is C26H32F2N4. The highest BCUT2D eigenvalue weighted by Crippen LogP contribution is 2.52. The fraction of sp³-hybridized carbons (Fsp3) is 0.423. The highest BCUT2D eigenvalue weighted by Gasteiger charge is 2.46. The lowest BCUT2D eigenvalue weighted by molar-refractivity contribution is 0.199. The van der Waals surface area contributed by atoms with Crippen LogP contribution in [0, 0.1) is 16.6 Å². The number of hydrogen-bond donors (Lipinski definition) is 3. The summed E-state index contributed by atoms with van der Waals surface area (Å²) in [6.07, 6.45) is 13.6. The molecule has 1 saturated heterocycles. The van der Waals surface area contributed by atoms with Crippen LogP contribution >= 0.6 is 0 Å². The van der Waals surface area contributed by atoms with E-state index in [0.717, 1.165) is 43.7 Å². The van der Waals surface area contributed by atoms with Gasteiger partial charge in [0.05, 0.1) is 11.4 Å². The molecule has 4 N–H and O–H groups in total. The predicted octanol–water partition coefficient (Wildman–Crippen LogP) is 5.75. The Kier molecular flexibility index (Phi) is 6.60. The molecule has 0 amide bonds. The third-order valence-corrected chi connectivity index (χ3v) is 6.70. The number of anilines is 2. The minimum Gasteiger partial charge on any atom is -0.398 e. The number of allylic oxidation sites excluding steroid dienone is 6. The molecular weight excluding hydrogens is 406 g/mol. The van der Waals surface area contributed by atoms with Crippen LogP contribution in [-0.4, -0.2) is 36.4 Å². The van der Waals surface area contributed by atoms with Crippen molar-refractivity contribution < 1.29 is 8.78 Å². The normalized spacial score (nSPS) is 22.6. The number of nitrogens with zero attached hydrogens (tertiary/aromatic N) is 1. The van der Waals surface area contributed by atoms with Crippen molar-refractivity contribution >= 4 is 17.1 Å². The molecule has 6 heteroatoms. The minimum atomic E-state index is -0.953. The molecule has 3 aliphatic rings. The van der Waals surface area contributed by atoms with Gasteiger partial charge in [0.1, 0.15) is 12.0 Å². The van der Waals surface area contributed by atoms with Crippen molar-refractivity contribution in [2.24, 2.45) is 5.41 Å². The van der Waals surface area contributed by atoms with E-state index in [4.69, 9.17) is 11.1 Å². The number of nitrogens with one attached hydrogen (secondary N) is 2. The zero-order valence-electron chi connectivity index (χ0n) is 18.5. The molecule has 2 aliphatic carbocycles. The fourth-order valence-electron chi connectivity index (χ4n) is 4.47. The lowest BCUT2D eigenvalue weighted by atomic mass is 9.99. The summed E-state index contributed by atoms with van der Waals surface area (Å²) in [7, 11) is 0. The highest BCUT2D eigenvalue weighted by atomic mass is 19.1. The van der Waals surface area contributed by atoms with Crippen LogP contribution in [0.1, 0.15) is 44.1 Å². The lowest BCUT2D eigenvalue weighted by Crippen LogP contribution is -2.36. The first-order valence-electron chi connectivity index (χ1n) is 11.4. The highest BCUT2D eigenvalue weighted by molar-refractivity contribution is 6.10. The van der Waals surface area contributed by atoms with E-state index in [2.05, 4.69) is 16.8 Å². The molecule has 170 valence electrons. The summed E-state index contributed by atoms with van der Waals surface area (Å²) >= 11 is 0. The molecule has 0 spiro atoms. The molecule has 0 aromatic heterocycles. The summed E-state index contributed by atoms with van der Waals surface area (Å²) < 4.78 is 27.9. The Morgan fingerprint density at radius 1 is 1.28 bits per heavy atom. The molecule has 4 rings (SSSR count). The quantitative estimate of drug-likeness (QED) is 0.358. The first kappa shape index (κ1) is 22.5. The fourth-order valence-corrected chi connectivity index (χ4v) is 4.47. The number of hydrogen-bond acceptors (Lipinski definition) is 4. The monoisotopic (exact) mass is 438 g/mol. The van der Waals surface area contributed by atoms with Crippen molar-refractivity contribution in [1.82, 2.24) is 4.90 Å². The standard InChI is InChI=1S/C26H32F2N4/c1-18(26(11-12-26)17-32-13-3-2-4-14-32)31-25-15-21(24(30)16-22(25)28)23(29)10-7-19-5-8-20(27)9-6-19/h5-8,10,15-16,20,29,31H,1-4,9,11-14,17,30H2/b10-7+,29-23?. The van der Waals surface area contributed by atoms with Gasteiger partial charge in [-0.2, -0.15) is 0 Å². The van der Waals surface area contributed by atoms with Crippen LogP contribution in [0.4, 0.5) is 20.2 Å². The molecule has 2 fully saturated rings. The van der Waals surface area contributed by atoms with Crippen LogP contribution in [0.3, 0.4) is 0 Å². The number of rotatable bonds is 8. The second kappa shape index (κ2) is 9.41. The topological polar surface area (TPSA) is 65.1 Å². The van der Waals surface area contributed by atoms with Crippen molar-refractivity contribution in [3.05, 3.63) is 71.7 Å². The largest absolute Gasteiger partial charge is 0.398 e. The van der Waals surface area contributed by atoms with Gasteiger partial charge in [0, 0.05) is 35.3 Å². The number of piperidine rings is 1. The molecule has 4 nitrogen and oxygen atoms in total. The second-order valence-corrected chi connectivity index (χ2v) is 9.20. The Hall–Kier alpha value is -2.73. The summed E-state index contributed by atoms with van der Waals surface area (Å²) in [6, 6.07) is 2.84. The summed E-state index contributed by atoms with van der Waals surface area (Å²) in [5, 5.41) is 11.6. The molecule has 1 aromatic carbocycles. The van der Waals surface area contributed by atoms with Gasteiger partial charge >= 0.3 is 0 Å². The second-order valence-electron chi connectivity index (χ2n) is 9.20. The molecule has 1 unspecified atom stereocenters. The van der Waals surface area contributed by atoms with Gasteiger partial charge in [-0.3, -0.25) is 0 Å². The maximum Gasteiger partial charge on any atom is 0.148 e. The number of nitrogens with two attached hydrogens (primary N) is 1. The Bertz CT molecular complexity index is 982. The Morgan fingerprint density at radius 3 is 2.69 bits per heavy atom. The van der Waals surface area contributed by atoms with Gasteiger partial charge < -0.3 is 21.4 Å². The average Bonchev–Trinajstić information content (AvgIpc) is 3.56. The van der Waals surface area contributed by atoms with Crippen molar-refractivity contribution in [2.75, 3.05) is 30.7 Å². The Balaban J connectivity index is 1.45. The molecule has 1 heterocycles. The number of likely N-dealkylation sites (tertiary alicyclic amines) is 1. The molecule has 0 radical (unpaired) electrons.